The lowest BCUT2D eigenvalue weighted by Gasteiger charge is -2.17. The molecule has 1 rings (SSSR count). The van der Waals surface area contributed by atoms with E-state index in [1.165, 1.54) is 0 Å². The van der Waals surface area contributed by atoms with Gasteiger partial charge in [-0.3, -0.25) is 4.79 Å². The SMILES string of the molecule is Cc1cccc(C(=O)NC(C)C(C)C)c1. The van der Waals surface area contributed by atoms with Crippen LogP contribution in [0.1, 0.15) is 36.7 Å². The summed E-state index contributed by atoms with van der Waals surface area (Å²) in [6.45, 7) is 8.21. The highest BCUT2D eigenvalue weighted by Crippen LogP contribution is 2.06. The second kappa shape index (κ2) is 4.96. The topological polar surface area (TPSA) is 29.1 Å². The van der Waals surface area contributed by atoms with Crippen molar-refractivity contribution in [2.45, 2.75) is 33.7 Å². The van der Waals surface area contributed by atoms with E-state index in [1.54, 1.807) is 0 Å². The number of carbonyl (C=O) groups is 1. The van der Waals surface area contributed by atoms with Gasteiger partial charge in [-0.25, -0.2) is 0 Å². The normalized spacial score (nSPS) is 12.6. The highest BCUT2D eigenvalue weighted by molar-refractivity contribution is 5.94. The highest BCUT2D eigenvalue weighted by Gasteiger charge is 2.11. The Morgan fingerprint density at radius 3 is 2.47 bits per heavy atom. The van der Waals surface area contributed by atoms with Crippen LogP contribution in [0, 0.1) is 12.8 Å². The summed E-state index contributed by atoms with van der Waals surface area (Å²) in [4.78, 5) is 11.8. The van der Waals surface area contributed by atoms with Crippen LogP contribution in [0.2, 0.25) is 0 Å². The third kappa shape index (κ3) is 3.39. The van der Waals surface area contributed by atoms with Crippen molar-refractivity contribution < 1.29 is 4.79 Å². The maximum atomic E-state index is 11.8. The minimum absolute atomic E-state index is 0.0138. The third-order valence-corrected chi connectivity index (χ3v) is 2.64. The van der Waals surface area contributed by atoms with E-state index in [0.29, 0.717) is 5.92 Å². The monoisotopic (exact) mass is 205 g/mol. The second-order valence-corrected chi connectivity index (χ2v) is 4.38. The number of aryl methyl sites for hydroxylation is 1. The molecule has 1 unspecified atom stereocenters. The van der Waals surface area contributed by atoms with Crippen molar-refractivity contribution in [2.75, 3.05) is 0 Å². The van der Waals surface area contributed by atoms with Gasteiger partial charge in [-0.05, 0) is 31.9 Å². The summed E-state index contributed by atoms with van der Waals surface area (Å²) < 4.78 is 0. The van der Waals surface area contributed by atoms with E-state index >= 15 is 0 Å². The molecule has 0 spiro atoms. The Morgan fingerprint density at radius 1 is 1.27 bits per heavy atom. The van der Waals surface area contributed by atoms with Gasteiger partial charge < -0.3 is 5.32 Å². The molecule has 82 valence electrons. The molecular formula is C13H19NO. The van der Waals surface area contributed by atoms with Gasteiger partial charge in [-0.1, -0.05) is 31.5 Å². The molecule has 15 heavy (non-hydrogen) atoms. The molecule has 0 aliphatic heterocycles. The van der Waals surface area contributed by atoms with Gasteiger partial charge in [-0.2, -0.15) is 0 Å². The zero-order chi connectivity index (χ0) is 11.4. The smallest absolute Gasteiger partial charge is 0.251 e. The predicted octanol–water partition coefficient (Wildman–Crippen LogP) is 2.77. The number of nitrogens with one attached hydrogen (secondary N) is 1. The number of rotatable bonds is 3. The molecule has 0 aliphatic rings. The van der Waals surface area contributed by atoms with Crippen molar-refractivity contribution in [2.24, 2.45) is 5.92 Å². The number of benzene rings is 1. The Bertz CT molecular complexity index is 344. The molecule has 0 saturated carbocycles. The standard InChI is InChI=1S/C13H19NO/c1-9(2)11(4)14-13(15)12-7-5-6-10(3)8-12/h5-9,11H,1-4H3,(H,14,15). The average molecular weight is 205 g/mol. The Hall–Kier alpha value is -1.31. The molecule has 1 amide bonds. The van der Waals surface area contributed by atoms with Crippen LogP contribution in [-0.4, -0.2) is 11.9 Å². The summed E-state index contributed by atoms with van der Waals surface area (Å²) >= 11 is 0. The Kier molecular flexibility index (Phi) is 3.89. The Morgan fingerprint density at radius 2 is 1.93 bits per heavy atom. The van der Waals surface area contributed by atoms with Crippen LogP contribution < -0.4 is 5.32 Å². The van der Waals surface area contributed by atoms with Crippen LogP contribution in [-0.2, 0) is 0 Å². The lowest BCUT2D eigenvalue weighted by atomic mass is 10.1. The van der Waals surface area contributed by atoms with E-state index in [-0.39, 0.29) is 11.9 Å². The number of amides is 1. The minimum Gasteiger partial charge on any atom is -0.349 e. The second-order valence-electron chi connectivity index (χ2n) is 4.38. The fourth-order valence-corrected chi connectivity index (χ4v) is 1.24. The van der Waals surface area contributed by atoms with Gasteiger partial charge in [0.05, 0.1) is 0 Å². The first-order valence-electron chi connectivity index (χ1n) is 5.38. The van der Waals surface area contributed by atoms with E-state index in [0.717, 1.165) is 11.1 Å². The van der Waals surface area contributed by atoms with Crippen LogP contribution in [0.5, 0.6) is 0 Å². The first-order valence-corrected chi connectivity index (χ1v) is 5.38. The van der Waals surface area contributed by atoms with E-state index < -0.39 is 0 Å². The number of carbonyl (C=O) groups excluding carboxylic acids is 1. The molecule has 1 atom stereocenters. The summed E-state index contributed by atoms with van der Waals surface area (Å²) in [7, 11) is 0. The van der Waals surface area contributed by atoms with Gasteiger partial charge in [0, 0.05) is 11.6 Å². The van der Waals surface area contributed by atoms with Crippen LogP contribution in [0.15, 0.2) is 24.3 Å². The number of hydrogen-bond acceptors (Lipinski definition) is 1. The van der Waals surface area contributed by atoms with Crippen molar-refractivity contribution in [3.63, 3.8) is 0 Å². The van der Waals surface area contributed by atoms with E-state index in [9.17, 15) is 4.79 Å². The zero-order valence-electron chi connectivity index (χ0n) is 9.87. The maximum absolute atomic E-state index is 11.8. The lowest BCUT2D eigenvalue weighted by Crippen LogP contribution is -2.36. The fourth-order valence-electron chi connectivity index (χ4n) is 1.24. The van der Waals surface area contributed by atoms with E-state index in [2.05, 4.69) is 19.2 Å². The van der Waals surface area contributed by atoms with Crippen molar-refractivity contribution in [3.8, 4) is 0 Å². The summed E-state index contributed by atoms with van der Waals surface area (Å²) in [5, 5.41) is 2.98. The van der Waals surface area contributed by atoms with Crippen molar-refractivity contribution in [3.05, 3.63) is 35.4 Å². The van der Waals surface area contributed by atoms with E-state index in [4.69, 9.17) is 0 Å². The quantitative estimate of drug-likeness (QED) is 0.807. The molecule has 1 aromatic rings. The molecule has 0 fully saturated rings. The summed E-state index contributed by atoms with van der Waals surface area (Å²) in [5.74, 6) is 0.471. The molecule has 0 heterocycles. The van der Waals surface area contributed by atoms with Crippen LogP contribution >= 0.6 is 0 Å². The first kappa shape index (κ1) is 11.8. The van der Waals surface area contributed by atoms with Gasteiger partial charge in [-0.15, -0.1) is 0 Å². The molecule has 0 bridgehead atoms. The minimum atomic E-state index is 0.0138. The summed E-state index contributed by atoms with van der Waals surface area (Å²) in [6, 6.07) is 7.85. The summed E-state index contributed by atoms with van der Waals surface area (Å²) in [5.41, 5.74) is 1.85. The van der Waals surface area contributed by atoms with E-state index in [1.807, 2.05) is 38.1 Å². The first-order chi connectivity index (χ1) is 7.00. The van der Waals surface area contributed by atoms with Crippen LogP contribution in [0.3, 0.4) is 0 Å². The van der Waals surface area contributed by atoms with Gasteiger partial charge in [0.1, 0.15) is 0 Å². The van der Waals surface area contributed by atoms with Crippen molar-refractivity contribution in [1.29, 1.82) is 0 Å². The number of hydrogen-bond donors (Lipinski definition) is 1. The predicted molar refractivity (Wildman–Crippen MR) is 62.9 cm³/mol. The third-order valence-electron chi connectivity index (χ3n) is 2.64. The Balaban J connectivity index is 2.69. The molecule has 0 aliphatic carbocycles. The molecule has 1 aromatic carbocycles. The van der Waals surface area contributed by atoms with Gasteiger partial charge in [0.15, 0.2) is 0 Å². The van der Waals surface area contributed by atoms with Gasteiger partial charge in [0.2, 0.25) is 0 Å². The van der Waals surface area contributed by atoms with Crippen LogP contribution in [0.25, 0.3) is 0 Å². The molecule has 1 N–H and O–H groups in total. The Labute approximate surface area is 91.7 Å². The fraction of sp³-hybridized carbons (Fsp3) is 0.462. The molecule has 0 aromatic heterocycles. The maximum Gasteiger partial charge on any atom is 0.251 e. The van der Waals surface area contributed by atoms with Crippen molar-refractivity contribution in [1.82, 2.24) is 5.32 Å². The van der Waals surface area contributed by atoms with Crippen molar-refractivity contribution >= 4 is 5.91 Å². The molecule has 0 radical (unpaired) electrons. The van der Waals surface area contributed by atoms with Gasteiger partial charge in [0.25, 0.3) is 5.91 Å². The van der Waals surface area contributed by atoms with Gasteiger partial charge >= 0.3 is 0 Å². The highest BCUT2D eigenvalue weighted by atomic mass is 16.1. The zero-order valence-corrected chi connectivity index (χ0v) is 9.87. The molecular weight excluding hydrogens is 186 g/mol. The molecule has 2 nitrogen and oxygen atoms in total. The van der Waals surface area contributed by atoms with Crippen LogP contribution in [0.4, 0.5) is 0 Å². The summed E-state index contributed by atoms with van der Waals surface area (Å²) in [6.07, 6.45) is 0. The molecule has 0 saturated heterocycles. The largest absolute Gasteiger partial charge is 0.349 e. The average Bonchev–Trinajstić information content (AvgIpc) is 2.17. The molecule has 2 heteroatoms. The lowest BCUT2D eigenvalue weighted by molar-refractivity contribution is 0.0930.